The highest BCUT2D eigenvalue weighted by Crippen LogP contribution is 1.94. The highest BCUT2D eigenvalue weighted by Gasteiger charge is 2.14. The molecule has 0 aliphatic heterocycles. The van der Waals surface area contributed by atoms with Crippen LogP contribution in [-0.2, 0) is 14.6 Å². The number of hydrogen-bond acceptors (Lipinski definition) is 5. The van der Waals surface area contributed by atoms with E-state index in [1.807, 2.05) is 6.26 Å². The zero-order valence-corrected chi connectivity index (χ0v) is 10.7. The van der Waals surface area contributed by atoms with Crippen molar-refractivity contribution in [2.24, 2.45) is 5.73 Å². The van der Waals surface area contributed by atoms with Gasteiger partial charge in [0, 0.05) is 18.6 Å². The number of sulfone groups is 1. The molecule has 3 N–H and O–H groups in total. The molecule has 0 saturated carbocycles. The fourth-order valence-electron chi connectivity index (χ4n) is 0.880. The van der Waals surface area contributed by atoms with E-state index in [0.29, 0.717) is 6.54 Å². The van der Waals surface area contributed by atoms with Crippen molar-refractivity contribution < 1.29 is 13.2 Å². The van der Waals surface area contributed by atoms with Crippen LogP contribution in [-0.4, -0.2) is 50.9 Å². The molecule has 0 aromatic carbocycles. The smallest absolute Gasteiger partial charge is 0.236 e. The van der Waals surface area contributed by atoms with Crippen molar-refractivity contribution >= 4 is 27.5 Å². The summed E-state index contributed by atoms with van der Waals surface area (Å²) in [6.07, 6.45) is 3.24. The second-order valence-corrected chi connectivity index (χ2v) is 6.55. The molecular formula is C8H18N2O3S2. The Morgan fingerprint density at radius 3 is 2.60 bits per heavy atom. The van der Waals surface area contributed by atoms with Crippen LogP contribution in [0.1, 0.15) is 6.42 Å². The molecule has 1 amide bonds. The van der Waals surface area contributed by atoms with Gasteiger partial charge >= 0.3 is 0 Å². The second kappa shape index (κ2) is 7.08. The maximum Gasteiger partial charge on any atom is 0.236 e. The number of nitrogens with two attached hydrogens (primary N) is 1. The van der Waals surface area contributed by atoms with Gasteiger partial charge in [-0.1, -0.05) is 0 Å². The minimum absolute atomic E-state index is 0.0515. The van der Waals surface area contributed by atoms with Gasteiger partial charge < -0.3 is 11.1 Å². The van der Waals surface area contributed by atoms with Crippen LogP contribution in [0.25, 0.3) is 0 Å². The van der Waals surface area contributed by atoms with Crippen LogP contribution in [0.5, 0.6) is 0 Å². The van der Waals surface area contributed by atoms with E-state index in [9.17, 15) is 13.2 Å². The molecule has 90 valence electrons. The van der Waals surface area contributed by atoms with Gasteiger partial charge in [0.25, 0.3) is 0 Å². The first-order valence-electron chi connectivity index (χ1n) is 4.57. The summed E-state index contributed by atoms with van der Waals surface area (Å²) in [6.45, 7) is 0.562. The van der Waals surface area contributed by atoms with E-state index in [1.165, 1.54) is 0 Å². The molecule has 0 aromatic heterocycles. The first-order chi connectivity index (χ1) is 6.87. The van der Waals surface area contributed by atoms with Crippen LogP contribution in [0.15, 0.2) is 0 Å². The van der Waals surface area contributed by atoms with Crippen LogP contribution in [0, 0.1) is 0 Å². The average molecular weight is 254 g/mol. The van der Waals surface area contributed by atoms with Crippen LogP contribution in [0.2, 0.25) is 0 Å². The van der Waals surface area contributed by atoms with Gasteiger partial charge in [0.2, 0.25) is 5.91 Å². The Kier molecular flexibility index (Phi) is 6.95. The fourth-order valence-corrected chi connectivity index (χ4v) is 1.87. The standard InChI is InChI=1S/C8H18N2O3S2/c1-14-5-4-10-8(11)7(9)3-6-15(2,12)13/h7H,3-6,9H2,1-2H3,(H,10,11). The maximum absolute atomic E-state index is 11.3. The zero-order valence-electron chi connectivity index (χ0n) is 9.02. The number of thioether (sulfide) groups is 1. The summed E-state index contributed by atoms with van der Waals surface area (Å²) in [5.74, 6) is 0.488. The van der Waals surface area contributed by atoms with Crippen molar-refractivity contribution in [2.75, 3.05) is 30.6 Å². The number of amides is 1. The predicted octanol–water partition coefficient (Wildman–Crippen LogP) is -0.772. The monoisotopic (exact) mass is 254 g/mol. The Hall–Kier alpha value is -0.270. The largest absolute Gasteiger partial charge is 0.354 e. The number of nitrogens with one attached hydrogen (secondary N) is 1. The molecule has 0 fully saturated rings. The van der Waals surface area contributed by atoms with Gasteiger partial charge in [-0.3, -0.25) is 4.79 Å². The molecular weight excluding hydrogens is 236 g/mol. The molecule has 0 rings (SSSR count). The van der Waals surface area contributed by atoms with Crippen molar-refractivity contribution in [3.8, 4) is 0 Å². The minimum Gasteiger partial charge on any atom is -0.354 e. The summed E-state index contributed by atoms with van der Waals surface area (Å²) in [7, 11) is -3.04. The van der Waals surface area contributed by atoms with Crippen molar-refractivity contribution in [1.29, 1.82) is 0 Å². The number of hydrogen-bond donors (Lipinski definition) is 2. The van der Waals surface area contributed by atoms with Crippen molar-refractivity contribution in [3.05, 3.63) is 0 Å². The molecule has 0 bridgehead atoms. The minimum atomic E-state index is -3.04. The van der Waals surface area contributed by atoms with E-state index in [0.717, 1.165) is 12.0 Å². The van der Waals surface area contributed by atoms with E-state index < -0.39 is 15.9 Å². The van der Waals surface area contributed by atoms with Gasteiger partial charge in [-0.15, -0.1) is 0 Å². The fraction of sp³-hybridized carbons (Fsp3) is 0.875. The Balaban J connectivity index is 3.79. The third kappa shape index (κ3) is 8.71. The Morgan fingerprint density at radius 2 is 2.13 bits per heavy atom. The van der Waals surface area contributed by atoms with Gasteiger partial charge in [0.1, 0.15) is 9.84 Å². The number of carbonyl (C=O) groups is 1. The Morgan fingerprint density at radius 1 is 1.53 bits per heavy atom. The molecule has 15 heavy (non-hydrogen) atoms. The third-order valence-electron chi connectivity index (χ3n) is 1.74. The van der Waals surface area contributed by atoms with Crippen molar-refractivity contribution in [1.82, 2.24) is 5.32 Å². The van der Waals surface area contributed by atoms with Gasteiger partial charge in [0.05, 0.1) is 11.8 Å². The molecule has 0 aromatic rings. The summed E-state index contributed by atoms with van der Waals surface area (Å²) < 4.78 is 21.7. The normalized spacial score (nSPS) is 13.5. The molecule has 0 heterocycles. The highest BCUT2D eigenvalue weighted by atomic mass is 32.2. The summed E-state index contributed by atoms with van der Waals surface area (Å²) in [6, 6.07) is -0.735. The Bertz CT molecular complexity index is 290. The Labute approximate surface area is 95.1 Å². The van der Waals surface area contributed by atoms with E-state index in [1.54, 1.807) is 11.8 Å². The highest BCUT2D eigenvalue weighted by molar-refractivity contribution is 7.98. The lowest BCUT2D eigenvalue weighted by molar-refractivity contribution is -0.122. The summed E-state index contributed by atoms with van der Waals surface area (Å²) in [5.41, 5.74) is 5.52. The summed E-state index contributed by atoms with van der Waals surface area (Å²) >= 11 is 1.62. The van der Waals surface area contributed by atoms with Gasteiger partial charge in [0.15, 0.2) is 0 Å². The predicted molar refractivity (Wildman–Crippen MR) is 63.7 cm³/mol. The molecule has 0 spiro atoms. The molecule has 0 aliphatic rings. The SMILES string of the molecule is CSCCNC(=O)C(N)CCS(C)(=O)=O. The van der Waals surface area contributed by atoms with Crippen LogP contribution in [0.3, 0.4) is 0 Å². The zero-order chi connectivity index (χ0) is 11.9. The quantitative estimate of drug-likeness (QED) is 0.582. The lowest BCUT2D eigenvalue weighted by Gasteiger charge is -2.10. The van der Waals surface area contributed by atoms with Crippen LogP contribution >= 0.6 is 11.8 Å². The van der Waals surface area contributed by atoms with E-state index >= 15 is 0 Å². The number of rotatable bonds is 7. The average Bonchev–Trinajstić information content (AvgIpc) is 2.13. The molecule has 0 aliphatic carbocycles. The first kappa shape index (κ1) is 14.7. The lowest BCUT2D eigenvalue weighted by Crippen LogP contribution is -2.42. The van der Waals surface area contributed by atoms with Gasteiger partial charge in [-0.25, -0.2) is 8.42 Å². The topological polar surface area (TPSA) is 89.3 Å². The summed E-state index contributed by atoms with van der Waals surface area (Å²) in [4.78, 5) is 11.3. The lowest BCUT2D eigenvalue weighted by atomic mass is 10.2. The van der Waals surface area contributed by atoms with E-state index in [2.05, 4.69) is 5.32 Å². The maximum atomic E-state index is 11.3. The molecule has 5 nitrogen and oxygen atoms in total. The third-order valence-corrected chi connectivity index (χ3v) is 3.33. The van der Waals surface area contributed by atoms with Gasteiger partial charge in [-0.05, 0) is 12.7 Å². The molecule has 0 radical (unpaired) electrons. The summed E-state index contributed by atoms with van der Waals surface area (Å²) in [5, 5.41) is 2.64. The molecule has 0 saturated heterocycles. The van der Waals surface area contributed by atoms with E-state index in [-0.39, 0.29) is 18.1 Å². The number of carbonyl (C=O) groups excluding carboxylic acids is 1. The molecule has 1 unspecified atom stereocenters. The van der Waals surface area contributed by atoms with Crippen LogP contribution < -0.4 is 11.1 Å². The first-order valence-corrected chi connectivity index (χ1v) is 8.02. The van der Waals surface area contributed by atoms with Crippen molar-refractivity contribution in [3.63, 3.8) is 0 Å². The van der Waals surface area contributed by atoms with Crippen LogP contribution in [0.4, 0.5) is 0 Å². The second-order valence-electron chi connectivity index (χ2n) is 3.31. The molecule has 7 heteroatoms. The van der Waals surface area contributed by atoms with E-state index in [4.69, 9.17) is 5.73 Å². The van der Waals surface area contributed by atoms with Crippen molar-refractivity contribution in [2.45, 2.75) is 12.5 Å². The molecule has 1 atom stereocenters. The van der Waals surface area contributed by atoms with Gasteiger partial charge in [-0.2, -0.15) is 11.8 Å².